The van der Waals surface area contributed by atoms with Crippen LogP contribution in [0.5, 0.6) is 0 Å². The van der Waals surface area contributed by atoms with Crippen molar-refractivity contribution in [2.45, 2.75) is 26.2 Å². The summed E-state index contributed by atoms with van der Waals surface area (Å²) in [5, 5.41) is 0. The van der Waals surface area contributed by atoms with Crippen LogP contribution in [0.1, 0.15) is 34.8 Å². The molecule has 1 nitrogen and oxygen atoms in total. The molecule has 0 unspecified atom stereocenters. The maximum absolute atomic E-state index is 10.8. The lowest BCUT2D eigenvalue weighted by molar-refractivity contribution is 0.112. The summed E-state index contributed by atoms with van der Waals surface area (Å²) in [5.41, 5.74) is 2.95. The van der Waals surface area contributed by atoms with Gasteiger partial charge < -0.3 is 0 Å². The van der Waals surface area contributed by atoms with E-state index in [1.807, 2.05) is 18.2 Å². The Labute approximate surface area is 85.1 Å². The normalized spacial score (nSPS) is 9.43. The van der Waals surface area contributed by atoms with Gasteiger partial charge in [-0.25, -0.2) is 0 Å². The van der Waals surface area contributed by atoms with E-state index in [2.05, 4.69) is 12.8 Å². The lowest BCUT2D eigenvalue weighted by Gasteiger charge is -2.08. The Kier molecular flexibility index (Phi) is 3.94. The van der Waals surface area contributed by atoms with Crippen molar-refractivity contribution >= 4 is 6.29 Å². The van der Waals surface area contributed by atoms with E-state index in [0.29, 0.717) is 6.42 Å². The van der Waals surface area contributed by atoms with Crippen molar-refractivity contribution in [3.05, 3.63) is 34.9 Å². The Morgan fingerprint density at radius 1 is 1.50 bits per heavy atom. The minimum atomic E-state index is 0.546. The number of hydrogen-bond donors (Lipinski definition) is 0. The largest absolute Gasteiger partial charge is 0.298 e. The summed E-state index contributed by atoms with van der Waals surface area (Å²) in [7, 11) is 0. The van der Waals surface area contributed by atoms with E-state index in [-0.39, 0.29) is 0 Å². The van der Waals surface area contributed by atoms with Crippen molar-refractivity contribution in [2.24, 2.45) is 0 Å². The molecule has 0 N–H and O–H groups in total. The second-order valence-electron chi connectivity index (χ2n) is 3.23. The fourth-order valence-corrected chi connectivity index (χ4v) is 1.59. The van der Waals surface area contributed by atoms with E-state index in [4.69, 9.17) is 6.42 Å². The highest BCUT2D eigenvalue weighted by atomic mass is 16.1. The molecule has 1 aromatic rings. The van der Waals surface area contributed by atoms with Gasteiger partial charge in [-0.1, -0.05) is 31.5 Å². The van der Waals surface area contributed by atoms with Gasteiger partial charge in [-0.05, 0) is 17.5 Å². The predicted molar refractivity (Wildman–Crippen MR) is 58.4 cm³/mol. The number of rotatable bonds is 4. The third-order valence-electron chi connectivity index (χ3n) is 2.23. The Morgan fingerprint density at radius 3 is 2.86 bits per heavy atom. The van der Waals surface area contributed by atoms with Crippen LogP contribution in [-0.2, 0) is 12.8 Å². The number of carbonyl (C=O) groups excluding carboxylic acids is 1. The van der Waals surface area contributed by atoms with E-state index in [9.17, 15) is 4.79 Å². The quantitative estimate of drug-likeness (QED) is 0.522. The molecule has 0 aliphatic heterocycles. The van der Waals surface area contributed by atoms with Crippen LogP contribution < -0.4 is 0 Å². The zero-order valence-corrected chi connectivity index (χ0v) is 8.42. The first-order valence-corrected chi connectivity index (χ1v) is 4.82. The van der Waals surface area contributed by atoms with Crippen molar-refractivity contribution in [2.75, 3.05) is 0 Å². The van der Waals surface area contributed by atoms with Crippen LogP contribution in [0.3, 0.4) is 0 Å². The van der Waals surface area contributed by atoms with E-state index < -0.39 is 0 Å². The van der Waals surface area contributed by atoms with Gasteiger partial charge >= 0.3 is 0 Å². The van der Waals surface area contributed by atoms with Gasteiger partial charge in [-0.15, -0.1) is 12.3 Å². The molecule has 1 rings (SSSR count). The van der Waals surface area contributed by atoms with Gasteiger partial charge in [-0.3, -0.25) is 4.79 Å². The fourth-order valence-electron chi connectivity index (χ4n) is 1.59. The van der Waals surface area contributed by atoms with Crippen LogP contribution in [0.25, 0.3) is 0 Å². The zero-order chi connectivity index (χ0) is 10.4. The third kappa shape index (κ3) is 2.23. The summed E-state index contributed by atoms with van der Waals surface area (Å²) in [6, 6.07) is 5.77. The highest BCUT2D eigenvalue weighted by molar-refractivity contribution is 5.78. The van der Waals surface area contributed by atoms with Crippen LogP contribution in [0, 0.1) is 12.3 Å². The molecule has 0 aliphatic carbocycles. The smallest absolute Gasteiger partial charge is 0.150 e. The molecule has 0 aromatic heterocycles. The maximum atomic E-state index is 10.8. The molecule has 14 heavy (non-hydrogen) atoms. The summed E-state index contributed by atoms with van der Waals surface area (Å²) in [4.78, 5) is 10.8. The SMILES string of the molecule is C#CCc1c(C=O)cccc1CCC. The Morgan fingerprint density at radius 2 is 2.29 bits per heavy atom. The molecule has 72 valence electrons. The van der Waals surface area contributed by atoms with Crippen molar-refractivity contribution < 1.29 is 4.79 Å². The van der Waals surface area contributed by atoms with Crippen LogP contribution >= 0.6 is 0 Å². The van der Waals surface area contributed by atoms with Gasteiger partial charge in [0, 0.05) is 12.0 Å². The highest BCUT2D eigenvalue weighted by Gasteiger charge is 2.05. The molecule has 0 bridgehead atoms. The second-order valence-corrected chi connectivity index (χ2v) is 3.23. The van der Waals surface area contributed by atoms with Gasteiger partial charge in [0.2, 0.25) is 0 Å². The van der Waals surface area contributed by atoms with Crippen molar-refractivity contribution in [1.29, 1.82) is 0 Å². The first-order valence-electron chi connectivity index (χ1n) is 4.82. The molecular formula is C13H14O. The summed E-state index contributed by atoms with van der Waals surface area (Å²) < 4.78 is 0. The molecule has 0 spiro atoms. The minimum Gasteiger partial charge on any atom is -0.298 e. The number of carbonyl (C=O) groups is 1. The monoisotopic (exact) mass is 186 g/mol. The van der Waals surface area contributed by atoms with Gasteiger partial charge in [-0.2, -0.15) is 0 Å². The fraction of sp³-hybridized carbons (Fsp3) is 0.308. The van der Waals surface area contributed by atoms with Gasteiger partial charge in [0.15, 0.2) is 0 Å². The molecule has 0 saturated carbocycles. The molecule has 1 aromatic carbocycles. The summed E-state index contributed by atoms with van der Waals surface area (Å²) in [6.07, 6.45) is 8.76. The first-order chi connectivity index (χ1) is 6.83. The third-order valence-corrected chi connectivity index (χ3v) is 2.23. The number of benzene rings is 1. The summed E-state index contributed by atoms with van der Waals surface area (Å²) in [5.74, 6) is 2.60. The molecule has 0 heterocycles. The number of aldehydes is 1. The zero-order valence-electron chi connectivity index (χ0n) is 8.42. The lowest BCUT2D eigenvalue weighted by Crippen LogP contribution is -1.98. The topological polar surface area (TPSA) is 17.1 Å². The molecule has 0 amide bonds. The second kappa shape index (κ2) is 5.24. The summed E-state index contributed by atoms with van der Waals surface area (Å²) in [6.45, 7) is 2.12. The molecule has 0 atom stereocenters. The summed E-state index contributed by atoms with van der Waals surface area (Å²) >= 11 is 0. The average Bonchev–Trinajstić information content (AvgIpc) is 2.21. The molecule has 0 aliphatic rings. The van der Waals surface area contributed by atoms with Crippen molar-refractivity contribution in [3.8, 4) is 12.3 Å². The van der Waals surface area contributed by atoms with Gasteiger partial charge in [0.1, 0.15) is 6.29 Å². The first kappa shape index (κ1) is 10.5. The minimum absolute atomic E-state index is 0.546. The predicted octanol–water partition coefficient (Wildman–Crippen LogP) is 2.63. The van der Waals surface area contributed by atoms with E-state index in [1.165, 1.54) is 5.56 Å². The maximum Gasteiger partial charge on any atom is 0.150 e. The number of aryl methyl sites for hydroxylation is 1. The Hall–Kier alpha value is -1.55. The Balaban J connectivity index is 3.14. The van der Waals surface area contributed by atoms with E-state index >= 15 is 0 Å². The molecular weight excluding hydrogens is 172 g/mol. The van der Waals surface area contributed by atoms with E-state index in [0.717, 1.165) is 30.3 Å². The molecule has 1 heteroatoms. The highest BCUT2D eigenvalue weighted by Crippen LogP contribution is 2.15. The van der Waals surface area contributed by atoms with Crippen LogP contribution in [0.4, 0.5) is 0 Å². The van der Waals surface area contributed by atoms with Crippen molar-refractivity contribution in [3.63, 3.8) is 0 Å². The van der Waals surface area contributed by atoms with Gasteiger partial charge in [0.05, 0.1) is 0 Å². The number of terminal acetylenes is 1. The molecule has 0 saturated heterocycles. The van der Waals surface area contributed by atoms with Crippen LogP contribution in [-0.4, -0.2) is 6.29 Å². The van der Waals surface area contributed by atoms with Crippen LogP contribution in [0.15, 0.2) is 18.2 Å². The molecule has 0 fully saturated rings. The van der Waals surface area contributed by atoms with E-state index in [1.54, 1.807) is 0 Å². The standard InChI is InChI=1S/C13H14O/c1-3-6-11-8-5-9-12(10-14)13(11)7-4-2/h2,5,8-10H,3,6-7H2,1H3. The van der Waals surface area contributed by atoms with Crippen molar-refractivity contribution in [1.82, 2.24) is 0 Å². The molecule has 0 radical (unpaired) electrons. The lowest BCUT2D eigenvalue weighted by atomic mass is 9.96. The average molecular weight is 186 g/mol. The number of hydrogen-bond acceptors (Lipinski definition) is 1. The Bertz CT molecular complexity index is 358. The van der Waals surface area contributed by atoms with Gasteiger partial charge in [0.25, 0.3) is 0 Å². The van der Waals surface area contributed by atoms with Crippen LogP contribution in [0.2, 0.25) is 0 Å².